The quantitative estimate of drug-likeness (QED) is 0.665. The number of nitrogens with one attached hydrogen (secondary N) is 1. The minimum absolute atomic E-state index is 0.0379. The Morgan fingerprint density at radius 2 is 2.20 bits per heavy atom. The molecule has 1 aliphatic heterocycles. The number of hydrogen-bond donors (Lipinski definition) is 1. The van der Waals surface area contributed by atoms with Gasteiger partial charge < -0.3 is 10.2 Å². The number of nitro benzene ring substituents is 1. The molecule has 1 aromatic heterocycles. The molecule has 1 saturated heterocycles. The average molecular weight is 347 g/mol. The van der Waals surface area contributed by atoms with Crippen molar-refractivity contribution in [3.63, 3.8) is 0 Å². The van der Waals surface area contributed by atoms with Crippen molar-refractivity contribution < 1.29 is 18.9 Å². The Kier molecular flexibility index (Phi) is 4.17. The van der Waals surface area contributed by atoms with Gasteiger partial charge in [0.05, 0.1) is 16.5 Å². The van der Waals surface area contributed by atoms with Crippen molar-refractivity contribution in [2.75, 3.05) is 16.8 Å². The first-order valence-electron chi connectivity index (χ1n) is 7.40. The van der Waals surface area contributed by atoms with Gasteiger partial charge in [0, 0.05) is 38.3 Å². The van der Waals surface area contributed by atoms with E-state index < -0.39 is 22.3 Å². The molecule has 2 aromatic rings. The number of nitrogens with zero attached hydrogens (tertiary/aromatic N) is 4. The van der Waals surface area contributed by atoms with E-state index in [-0.39, 0.29) is 30.5 Å². The van der Waals surface area contributed by atoms with Crippen molar-refractivity contribution in [2.24, 2.45) is 13.0 Å². The van der Waals surface area contributed by atoms with Gasteiger partial charge in [-0.25, -0.2) is 0 Å². The summed E-state index contributed by atoms with van der Waals surface area (Å²) in [5.41, 5.74) is -0.530. The second kappa shape index (κ2) is 6.30. The fourth-order valence-electron chi connectivity index (χ4n) is 2.65. The normalized spacial score (nSPS) is 17.0. The van der Waals surface area contributed by atoms with E-state index in [1.807, 2.05) is 0 Å². The zero-order valence-electron chi connectivity index (χ0n) is 13.2. The fraction of sp³-hybridized carbons (Fsp3) is 0.267. The molecule has 0 saturated carbocycles. The van der Waals surface area contributed by atoms with E-state index in [0.717, 1.165) is 12.1 Å². The maximum absolute atomic E-state index is 13.4. The van der Waals surface area contributed by atoms with E-state index in [4.69, 9.17) is 0 Å². The highest BCUT2D eigenvalue weighted by atomic mass is 19.1. The first kappa shape index (κ1) is 16.6. The van der Waals surface area contributed by atoms with E-state index in [2.05, 4.69) is 10.4 Å². The molecule has 1 N–H and O–H groups in total. The molecule has 9 nitrogen and oxygen atoms in total. The molecule has 1 aromatic carbocycles. The first-order chi connectivity index (χ1) is 11.8. The molecule has 10 heteroatoms. The number of anilines is 2. The van der Waals surface area contributed by atoms with Crippen molar-refractivity contribution >= 4 is 29.0 Å². The van der Waals surface area contributed by atoms with Crippen LogP contribution in [0, 0.1) is 21.8 Å². The van der Waals surface area contributed by atoms with Gasteiger partial charge in [-0.1, -0.05) is 0 Å². The van der Waals surface area contributed by atoms with Crippen LogP contribution in [-0.4, -0.2) is 33.1 Å². The molecule has 1 unspecified atom stereocenters. The van der Waals surface area contributed by atoms with Gasteiger partial charge >= 0.3 is 5.69 Å². The summed E-state index contributed by atoms with van der Waals surface area (Å²) in [7, 11) is 1.71. The number of halogens is 1. The maximum atomic E-state index is 13.4. The number of amides is 2. The number of carbonyl (C=O) groups excluding carboxylic acids is 2. The van der Waals surface area contributed by atoms with Gasteiger partial charge in [-0.2, -0.15) is 9.49 Å². The lowest BCUT2D eigenvalue weighted by atomic mass is 10.1. The van der Waals surface area contributed by atoms with Gasteiger partial charge in [0.2, 0.25) is 17.6 Å². The minimum Gasteiger partial charge on any atom is -0.311 e. The third-order valence-electron chi connectivity index (χ3n) is 3.90. The molecule has 2 heterocycles. The van der Waals surface area contributed by atoms with Gasteiger partial charge in [-0.3, -0.25) is 24.4 Å². The lowest BCUT2D eigenvalue weighted by Gasteiger charge is -2.16. The summed E-state index contributed by atoms with van der Waals surface area (Å²) in [6, 6.07) is 4.82. The molecule has 0 spiro atoms. The SMILES string of the molecule is Cn1ccc(NC(=O)C2CC(=O)N(c3ccc(F)c([N+](=O)[O-])c3)C2)n1. The summed E-state index contributed by atoms with van der Waals surface area (Å²) in [4.78, 5) is 35.7. The Bertz CT molecular complexity index is 865. The third kappa shape index (κ3) is 3.32. The topological polar surface area (TPSA) is 110 Å². The van der Waals surface area contributed by atoms with Crippen molar-refractivity contribution in [1.29, 1.82) is 0 Å². The van der Waals surface area contributed by atoms with E-state index in [9.17, 15) is 24.1 Å². The summed E-state index contributed by atoms with van der Waals surface area (Å²) in [5, 5.41) is 17.5. The van der Waals surface area contributed by atoms with E-state index >= 15 is 0 Å². The average Bonchev–Trinajstić information content (AvgIpc) is 3.13. The van der Waals surface area contributed by atoms with E-state index in [0.29, 0.717) is 5.82 Å². The Labute approximate surface area is 141 Å². The Morgan fingerprint density at radius 3 is 2.84 bits per heavy atom. The zero-order valence-corrected chi connectivity index (χ0v) is 13.2. The van der Waals surface area contributed by atoms with Crippen LogP contribution in [0.2, 0.25) is 0 Å². The molecule has 25 heavy (non-hydrogen) atoms. The Morgan fingerprint density at radius 1 is 1.44 bits per heavy atom. The summed E-state index contributed by atoms with van der Waals surface area (Å²) in [6.45, 7) is 0.0558. The van der Waals surface area contributed by atoms with Crippen LogP contribution in [0.15, 0.2) is 30.5 Å². The minimum atomic E-state index is -0.982. The molecule has 3 rings (SSSR count). The maximum Gasteiger partial charge on any atom is 0.306 e. The fourth-order valence-corrected chi connectivity index (χ4v) is 2.65. The molecule has 0 aliphatic carbocycles. The van der Waals surface area contributed by atoms with Crippen molar-refractivity contribution in [1.82, 2.24) is 9.78 Å². The number of aryl methyl sites for hydroxylation is 1. The predicted octanol–water partition coefficient (Wildman–Crippen LogP) is 1.46. The first-order valence-corrected chi connectivity index (χ1v) is 7.40. The van der Waals surface area contributed by atoms with Crippen LogP contribution < -0.4 is 10.2 Å². The number of rotatable bonds is 4. The number of hydrogen-bond acceptors (Lipinski definition) is 5. The molecule has 130 valence electrons. The lowest BCUT2D eigenvalue weighted by molar-refractivity contribution is -0.387. The highest BCUT2D eigenvalue weighted by Crippen LogP contribution is 2.30. The van der Waals surface area contributed by atoms with E-state index in [1.54, 1.807) is 19.3 Å². The zero-order chi connectivity index (χ0) is 18.1. The molecule has 1 atom stereocenters. The molecular weight excluding hydrogens is 333 g/mol. The summed E-state index contributed by atoms with van der Waals surface area (Å²) in [5.74, 6) is -1.97. The standard InChI is InChI=1S/C15H14FN5O4/c1-19-5-4-13(18-19)17-15(23)9-6-14(22)20(8-9)10-2-3-11(16)12(7-10)21(24)25/h2-5,7,9H,6,8H2,1H3,(H,17,18,23). The van der Waals surface area contributed by atoms with Gasteiger partial charge in [0.15, 0.2) is 5.82 Å². The smallest absolute Gasteiger partial charge is 0.306 e. The Hall–Kier alpha value is -3.30. The summed E-state index contributed by atoms with van der Waals surface area (Å²) < 4.78 is 15.0. The molecule has 2 amide bonds. The van der Waals surface area contributed by atoms with Crippen molar-refractivity contribution in [3.8, 4) is 0 Å². The van der Waals surface area contributed by atoms with Gasteiger partial charge in [-0.05, 0) is 12.1 Å². The second-order valence-electron chi connectivity index (χ2n) is 5.66. The highest BCUT2D eigenvalue weighted by molar-refractivity contribution is 6.03. The Balaban J connectivity index is 1.75. The third-order valence-corrected chi connectivity index (χ3v) is 3.90. The van der Waals surface area contributed by atoms with Crippen LogP contribution in [0.1, 0.15) is 6.42 Å². The van der Waals surface area contributed by atoms with Crippen LogP contribution in [0.5, 0.6) is 0 Å². The van der Waals surface area contributed by atoms with Gasteiger partial charge in [-0.15, -0.1) is 0 Å². The van der Waals surface area contributed by atoms with Crippen LogP contribution in [-0.2, 0) is 16.6 Å². The molecule has 0 bridgehead atoms. The van der Waals surface area contributed by atoms with Crippen LogP contribution in [0.25, 0.3) is 0 Å². The largest absolute Gasteiger partial charge is 0.311 e. The number of benzene rings is 1. The molecule has 1 fully saturated rings. The number of nitro groups is 1. The van der Waals surface area contributed by atoms with Gasteiger partial charge in [0.1, 0.15) is 0 Å². The van der Waals surface area contributed by atoms with E-state index in [1.165, 1.54) is 15.6 Å². The molecule has 1 aliphatic rings. The second-order valence-corrected chi connectivity index (χ2v) is 5.66. The number of aromatic nitrogens is 2. The monoisotopic (exact) mass is 347 g/mol. The summed E-state index contributed by atoms with van der Waals surface area (Å²) >= 11 is 0. The molecular formula is C15H14FN5O4. The van der Waals surface area contributed by atoms with Crippen LogP contribution in [0.3, 0.4) is 0 Å². The van der Waals surface area contributed by atoms with Crippen LogP contribution in [0.4, 0.5) is 21.6 Å². The molecule has 0 radical (unpaired) electrons. The lowest BCUT2D eigenvalue weighted by Crippen LogP contribution is -2.28. The van der Waals surface area contributed by atoms with Gasteiger partial charge in [0.25, 0.3) is 0 Å². The summed E-state index contributed by atoms with van der Waals surface area (Å²) in [6.07, 6.45) is 1.63. The van der Waals surface area contributed by atoms with Crippen molar-refractivity contribution in [2.45, 2.75) is 6.42 Å². The predicted molar refractivity (Wildman–Crippen MR) is 85.4 cm³/mol. The number of carbonyl (C=O) groups is 2. The van der Waals surface area contributed by atoms with Crippen molar-refractivity contribution in [3.05, 3.63) is 46.4 Å². The highest BCUT2D eigenvalue weighted by Gasteiger charge is 2.36. The van der Waals surface area contributed by atoms with Crippen LogP contribution >= 0.6 is 0 Å².